The molecule has 0 aromatic rings. The molecule has 1 amide bonds. The van der Waals surface area contributed by atoms with Crippen molar-refractivity contribution in [2.45, 2.75) is 68.7 Å². The summed E-state index contributed by atoms with van der Waals surface area (Å²) in [7, 11) is 0. The van der Waals surface area contributed by atoms with Gasteiger partial charge in [-0.2, -0.15) is 0 Å². The van der Waals surface area contributed by atoms with Crippen molar-refractivity contribution in [2.75, 3.05) is 32.7 Å². The Morgan fingerprint density at radius 2 is 2.10 bits per heavy atom. The van der Waals surface area contributed by atoms with Crippen LogP contribution in [0.2, 0.25) is 0 Å². The third-order valence-electron chi connectivity index (χ3n) is 7.82. The van der Waals surface area contributed by atoms with Crippen LogP contribution in [0, 0.1) is 23.7 Å². The standard InChI is InChI=1S/C21H39ClN6O/c1-13-2-3-15(8-17(13)22)18-25-10-16(11-26-20(29)21(24)5-6-21)19(27-18)28-7-4-14(9-23)12-28/h13-19,25,27H,2-12,23-24H2,1H3,(H,26,29). The van der Waals surface area contributed by atoms with Gasteiger partial charge in [0, 0.05) is 37.5 Å². The van der Waals surface area contributed by atoms with E-state index in [9.17, 15) is 4.79 Å². The number of halogens is 1. The zero-order valence-electron chi connectivity index (χ0n) is 17.7. The fourth-order valence-corrected chi connectivity index (χ4v) is 5.68. The van der Waals surface area contributed by atoms with Gasteiger partial charge in [-0.1, -0.05) is 6.92 Å². The fourth-order valence-electron chi connectivity index (χ4n) is 5.33. The number of hydrogen-bond acceptors (Lipinski definition) is 6. The lowest BCUT2D eigenvalue weighted by Crippen LogP contribution is -2.68. The number of carbonyl (C=O) groups excluding carboxylic acids is 1. The lowest BCUT2D eigenvalue weighted by atomic mass is 9.80. The summed E-state index contributed by atoms with van der Waals surface area (Å²) < 4.78 is 0. The summed E-state index contributed by atoms with van der Waals surface area (Å²) >= 11 is 6.61. The van der Waals surface area contributed by atoms with E-state index in [1.165, 1.54) is 12.8 Å². The third-order valence-corrected chi connectivity index (χ3v) is 8.42. The average Bonchev–Trinajstić information content (AvgIpc) is 3.30. The van der Waals surface area contributed by atoms with Crippen molar-refractivity contribution in [1.29, 1.82) is 0 Å². The average molecular weight is 427 g/mol. The van der Waals surface area contributed by atoms with E-state index in [-0.39, 0.29) is 23.6 Å². The first kappa shape index (κ1) is 21.8. The molecule has 0 aromatic heterocycles. The first-order valence-electron chi connectivity index (χ1n) is 11.5. The Morgan fingerprint density at radius 3 is 2.76 bits per heavy atom. The maximum absolute atomic E-state index is 12.4. The van der Waals surface area contributed by atoms with Crippen LogP contribution in [-0.2, 0) is 4.79 Å². The van der Waals surface area contributed by atoms with Crippen molar-refractivity contribution in [3.05, 3.63) is 0 Å². The highest BCUT2D eigenvalue weighted by atomic mass is 35.5. The van der Waals surface area contributed by atoms with E-state index in [0.717, 1.165) is 51.9 Å². The molecule has 4 aliphatic rings. The molecule has 29 heavy (non-hydrogen) atoms. The number of hydrogen-bond donors (Lipinski definition) is 5. The van der Waals surface area contributed by atoms with Gasteiger partial charge in [0.15, 0.2) is 0 Å². The predicted octanol–water partition coefficient (Wildman–Crippen LogP) is 0.379. The molecule has 0 spiro atoms. The van der Waals surface area contributed by atoms with Crippen molar-refractivity contribution < 1.29 is 4.79 Å². The van der Waals surface area contributed by atoms with Gasteiger partial charge < -0.3 is 22.1 Å². The minimum atomic E-state index is -0.611. The quantitative estimate of drug-likeness (QED) is 0.393. The molecule has 4 rings (SSSR count). The van der Waals surface area contributed by atoms with Gasteiger partial charge >= 0.3 is 0 Å². The zero-order valence-corrected chi connectivity index (χ0v) is 18.5. The van der Waals surface area contributed by atoms with Crippen LogP contribution in [0.25, 0.3) is 0 Å². The van der Waals surface area contributed by atoms with Crippen molar-refractivity contribution in [2.24, 2.45) is 35.1 Å². The Kier molecular flexibility index (Phi) is 6.74. The first-order valence-corrected chi connectivity index (χ1v) is 12.0. The summed E-state index contributed by atoms with van der Waals surface area (Å²) in [6, 6.07) is 0. The molecule has 2 saturated heterocycles. The minimum Gasteiger partial charge on any atom is -0.354 e. The molecule has 2 saturated carbocycles. The Hall–Kier alpha value is -0.440. The lowest BCUT2D eigenvalue weighted by Gasteiger charge is -2.47. The van der Waals surface area contributed by atoms with Crippen LogP contribution in [-0.4, -0.2) is 66.8 Å². The second-order valence-electron chi connectivity index (χ2n) is 10.1. The number of carbonyl (C=O) groups is 1. The van der Waals surface area contributed by atoms with E-state index in [1.807, 2.05) is 0 Å². The Bertz CT molecular complexity index is 588. The van der Waals surface area contributed by atoms with E-state index in [2.05, 4.69) is 27.8 Å². The van der Waals surface area contributed by atoms with Crippen LogP contribution in [0.5, 0.6) is 0 Å². The van der Waals surface area contributed by atoms with Crippen molar-refractivity contribution >= 4 is 17.5 Å². The van der Waals surface area contributed by atoms with Gasteiger partial charge in [-0.05, 0) is 62.8 Å². The van der Waals surface area contributed by atoms with E-state index in [1.54, 1.807) is 0 Å². The molecular weight excluding hydrogens is 388 g/mol. The van der Waals surface area contributed by atoms with Gasteiger partial charge in [0.05, 0.1) is 17.9 Å². The summed E-state index contributed by atoms with van der Waals surface area (Å²) in [5, 5.41) is 11.0. The second kappa shape index (κ2) is 8.97. The van der Waals surface area contributed by atoms with Gasteiger partial charge in [0.1, 0.15) is 0 Å². The number of nitrogens with two attached hydrogens (primary N) is 2. The number of amides is 1. The van der Waals surface area contributed by atoms with Crippen LogP contribution in [0.4, 0.5) is 0 Å². The van der Waals surface area contributed by atoms with E-state index >= 15 is 0 Å². The first-order chi connectivity index (χ1) is 13.9. The number of nitrogens with zero attached hydrogens (tertiary/aromatic N) is 1. The van der Waals surface area contributed by atoms with Crippen molar-refractivity contribution in [1.82, 2.24) is 20.9 Å². The third kappa shape index (κ3) is 4.91. The molecule has 7 N–H and O–H groups in total. The molecule has 2 aliphatic heterocycles. The summed E-state index contributed by atoms with van der Waals surface area (Å²) in [6.07, 6.45) is 6.75. The monoisotopic (exact) mass is 426 g/mol. The van der Waals surface area contributed by atoms with E-state index in [0.29, 0.717) is 30.2 Å². The van der Waals surface area contributed by atoms with Crippen LogP contribution in [0.15, 0.2) is 0 Å². The molecule has 7 atom stereocenters. The highest BCUT2D eigenvalue weighted by Gasteiger charge is 2.46. The number of alkyl halides is 1. The molecule has 166 valence electrons. The van der Waals surface area contributed by atoms with Crippen LogP contribution < -0.4 is 27.4 Å². The maximum Gasteiger partial charge on any atom is 0.240 e. The summed E-state index contributed by atoms with van der Waals surface area (Å²) in [5.41, 5.74) is 11.4. The molecular formula is C21H39ClN6O. The lowest BCUT2D eigenvalue weighted by molar-refractivity contribution is -0.123. The van der Waals surface area contributed by atoms with Gasteiger partial charge in [-0.15, -0.1) is 11.6 Å². The number of rotatable bonds is 6. The minimum absolute atomic E-state index is 0.00544. The summed E-state index contributed by atoms with van der Waals surface area (Å²) in [4.78, 5) is 14.9. The fraction of sp³-hybridized carbons (Fsp3) is 0.952. The molecule has 4 fully saturated rings. The molecule has 0 radical (unpaired) electrons. The Balaban J connectivity index is 1.39. The Labute approximate surface area is 180 Å². The molecule has 0 bridgehead atoms. The molecule has 8 heteroatoms. The SMILES string of the molecule is CC1CCC(C2NCC(CNC(=O)C3(N)CC3)C(N3CCC(CN)C3)N2)CC1Cl. The smallest absolute Gasteiger partial charge is 0.240 e. The topological polar surface area (TPSA) is 108 Å². The Morgan fingerprint density at radius 1 is 1.31 bits per heavy atom. The van der Waals surface area contributed by atoms with Crippen LogP contribution in [0.3, 0.4) is 0 Å². The van der Waals surface area contributed by atoms with E-state index in [4.69, 9.17) is 23.1 Å². The van der Waals surface area contributed by atoms with Crippen molar-refractivity contribution in [3.63, 3.8) is 0 Å². The van der Waals surface area contributed by atoms with Crippen LogP contribution in [0.1, 0.15) is 45.4 Å². The second-order valence-corrected chi connectivity index (χ2v) is 10.6. The van der Waals surface area contributed by atoms with Gasteiger partial charge in [0.2, 0.25) is 5.91 Å². The largest absolute Gasteiger partial charge is 0.354 e. The van der Waals surface area contributed by atoms with Crippen molar-refractivity contribution in [3.8, 4) is 0 Å². The van der Waals surface area contributed by atoms with Gasteiger partial charge in [-0.25, -0.2) is 0 Å². The van der Waals surface area contributed by atoms with Gasteiger partial charge in [-0.3, -0.25) is 15.0 Å². The maximum atomic E-state index is 12.4. The number of nitrogens with one attached hydrogen (secondary N) is 3. The van der Waals surface area contributed by atoms with Gasteiger partial charge in [0.25, 0.3) is 0 Å². The highest BCUT2D eigenvalue weighted by molar-refractivity contribution is 6.20. The van der Waals surface area contributed by atoms with Crippen LogP contribution >= 0.6 is 11.6 Å². The normalized spacial score (nSPS) is 42.6. The molecule has 7 unspecified atom stereocenters. The highest BCUT2D eigenvalue weighted by Crippen LogP contribution is 2.35. The van der Waals surface area contributed by atoms with E-state index < -0.39 is 5.54 Å². The molecule has 2 aliphatic carbocycles. The molecule has 0 aromatic carbocycles. The number of likely N-dealkylation sites (tertiary alicyclic amines) is 1. The zero-order chi connectivity index (χ0) is 20.6. The summed E-state index contributed by atoms with van der Waals surface area (Å²) in [5.74, 6) is 2.04. The molecule has 2 heterocycles. The predicted molar refractivity (Wildman–Crippen MR) is 116 cm³/mol. The summed E-state index contributed by atoms with van der Waals surface area (Å²) in [6.45, 7) is 6.65. The molecule has 7 nitrogen and oxygen atoms in total.